The lowest BCUT2D eigenvalue weighted by molar-refractivity contribution is -0.126. The molecule has 4 nitrogen and oxygen atoms in total. The molecular formula is C7H14N2O2. The van der Waals surface area contributed by atoms with Crippen LogP contribution in [0.5, 0.6) is 0 Å². The number of hydrogen-bond acceptors (Lipinski definition) is 3. The van der Waals surface area contributed by atoms with E-state index in [1.165, 1.54) is 0 Å². The Bertz CT molecular complexity index is 166. The molecular weight excluding hydrogens is 144 g/mol. The maximum absolute atomic E-state index is 11.0. The zero-order valence-corrected chi connectivity index (χ0v) is 6.83. The van der Waals surface area contributed by atoms with Gasteiger partial charge in [0.05, 0.1) is 6.04 Å². The number of carbonyl (C=O) groups is 2. The van der Waals surface area contributed by atoms with Gasteiger partial charge in [-0.15, -0.1) is 0 Å². The molecule has 0 heterocycles. The van der Waals surface area contributed by atoms with Crippen molar-refractivity contribution in [3.63, 3.8) is 0 Å². The van der Waals surface area contributed by atoms with Crippen molar-refractivity contribution in [3.8, 4) is 0 Å². The van der Waals surface area contributed by atoms with Crippen molar-refractivity contribution in [2.75, 3.05) is 0 Å². The Hall–Kier alpha value is -0.900. The maximum atomic E-state index is 11.0. The average molecular weight is 158 g/mol. The first kappa shape index (κ1) is 10.1. The third-order valence-corrected chi connectivity index (χ3v) is 1.36. The summed E-state index contributed by atoms with van der Waals surface area (Å²) >= 11 is 0. The molecule has 0 aromatic heterocycles. The predicted octanol–water partition coefficient (Wildman–Crippen LogP) is -0.586. The molecule has 0 saturated carbocycles. The summed E-state index contributed by atoms with van der Waals surface area (Å²) in [4.78, 5) is 21.4. The normalized spacial score (nSPS) is 13.1. The van der Waals surface area contributed by atoms with E-state index in [4.69, 9.17) is 11.5 Å². The van der Waals surface area contributed by atoms with E-state index in [9.17, 15) is 9.59 Å². The molecule has 0 aliphatic carbocycles. The summed E-state index contributed by atoms with van der Waals surface area (Å²) in [7, 11) is 0. The fourth-order valence-electron chi connectivity index (χ4n) is 0.745. The van der Waals surface area contributed by atoms with E-state index in [1.54, 1.807) is 13.8 Å². The lowest BCUT2D eigenvalue weighted by Gasteiger charge is -2.10. The maximum Gasteiger partial charge on any atom is 0.219 e. The first-order chi connectivity index (χ1) is 4.95. The quantitative estimate of drug-likeness (QED) is 0.573. The number of amides is 1. The molecule has 11 heavy (non-hydrogen) atoms. The molecule has 0 aliphatic heterocycles. The highest BCUT2D eigenvalue weighted by Crippen LogP contribution is 2.00. The number of hydrogen-bond donors (Lipinski definition) is 2. The second-order valence-electron chi connectivity index (χ2n) is 2.83. The van der Waals surface area contributed by atoms with Crippen LogP contribution in [0, 0.1) is 5.92 Å². The molecule has 0 bridgehead atoms. The fraction of sp³-hybridized carbons (Fsp3) is 0.714. The summed E-state index contributed by atoms with van der Waals surface area (Å²) in [5.41, 5.74) is 10.2. The zero-order chi connectivity index (χ0) is 9.02. The van der Waals surface area contributed by atoms with Crippen molar-refractivity contribution in [1.82, 2.24) is 0 Å². The highest BCUT2D eigenvalue weighted by molar-refractivity contribution is 5.90. The number of carbonyl (C=O) groups excluding carboxylic acids is 2. The Kier molecular flexibility index (Phi) is 3.74. The van der Waals surface area contributed by atoms with Gasteiger partial charge in [-0.2, -0.15) is 0 Å². The van der Waals surface area contributed by atoms with Gasteiger partial charge in [0.15, 0.2) is 5.78 Å². The van der Waals surface area contributed by atoms with Crippen LogP contribution < -0.4 is 11.5 Å². The standard InChI is InChI=1S/C7H14N2O2/c1-4(2)7(11)5(8)3-6(9)10/h4-5H,3,8H2,1-2H3,(H2,9,10). The van der Waals surface area contributed by atoms with Gasteiger partial charge in [0.2, 0.25) is 5.91 Å². The van der Waals surface area contributed by atoms with E-state index in [-0.39, 0.29) is 18.1 Å². The molecule has 64 valence electrons. The van der Waals surface area contributed by atoms with Crippen molar-refractivity contribution in [3.05, 3.63) is 0 Å². The number of nitrogens with two attached hydrogens (primary N) is 2. The number of Topliss-reactive ketones (excluding diaryl/α,β-unsaturated/α-hetero) is 1. The second kappa shape index (κ2) is 4.08. The molecule has 4 N–H and O–H groups in total. The monoisotopic (exact) mass is 158 g/mol. The SMILES string of the molecule is CC(C)C(=O)C(N)CC(N)=O. The van der Waals surface area contributed by atoms with Gasteiger partial charge >= 0.3 is 0 Å². The Morgan fingerprint density at radius 2 is 1.82 bits per heavy atom. The average Bonchev–Trinajstić information content (AvgIpc) is 1.84. The molecule has 0 aromatic carbocycles. The summed E-state index contributed by atoms with van der Waals surface area (Å²) in [6, 6.07) is -0.729. The third-order valence-electron chi connectivity index (χ3n) is 1.36. The minimum atomic E-state index is -0.729. The van der Waals surface area contributed by atoms with Gasteiger partial charge in [-0.1, -0.05) is 13.8 Å². The number of ketones is 1. The van der Waals surface area contributed by atoms with Crippen molar-refractivity contribution >= 4 is 11.7 Å². The molecule has 0 rings (SSSR count). The van der Waals surface area contributed by atoms with Crippen LogP contribution in [0.3, 0.4) is 0 Å². The van der Waals surface area contributed by atoms with Crippen molar-refractivity contribution in [2.45, 2.75) is 26.3 Å². The van der Waals surface area contributed by atoms with Crippen LogP contribution in [-0.4, -0.2) is 17.7 Å². The molecule has 1 unspecified atom stereocenters. The molecule has 1 atom stereocenters. The largest absolute Gasteiger partial charge is 0.370 e. The van der Waals surface area contributed by atoms with Gasteiger partial charge in [-0.25, -0.2) is 0 Å². The Balaban J connectivity index is 3.93. The molecule has 4 heteroatoms. The summed E-state index contributed by atoms with van der Waals surface area (Å²) in [5, 5.41) is 0. The minimum Gasteiger partial charge on any atom is -0.370 e. The summed E-state index contributed by atoms with van der Waals surface area (Å²) in [5.74, 6) is -0.792. The molecule has 0 radical (unpaired) electrons. The second-order valence-corrected chi connectivity index (χ2v) is 2.83. The first-order valence-corrected chi connectivity index (χ1v) is 3.52. The van der Waals surface area contributed by atoms with E-state index in [0.29, 0.717) is 0 Å². The zero-order valence-electron chi connectivity index (χ0n) is 6.83. The van der Waals surface area contributed by atoms with Crippen LogP contribution in [0.25, 0.3) is 0 Å². The van der Waals surface area contributed by atoms with Gasteiger partial charge in [0.1, 0.15) is 0 Å². The Morgan fingerprint density at radius 1 is 1.36 bits per heavy atom. The number of rotatable bonds is 4. The van der Waals surface area contributed by atoms with Gasteiger partial charge in [-0.05, 0) is 0 Å². The van der Waals surface area contributed by atoms with Crippen LogP contribution in [0.2, 0.25) is 0 Å². The van der Waals surface area contributed by atoms with Crippen LogP contribution in [0.1, 0.15) is 20.3 Å². The molecule has 0 saturated heterocycles. The molecule has 0 aliphatic rings. The van der Waals surface area contributed by atoms with Crippen molar-refractivity contribution in [2.24, 2.45) is 17.4 Å². The van der Waals surface area contributed by atoms with Crippen LogP contribution in [-0.2, 0) is 9.59 Å². The van der Waals surface area contributed by atoms with Gasteiger partial charge < -0.3 is 11.5 Å². The Morgan fingerprint density at radius 3 is 2.09 bits per heavy atom. The first-order valence-electron chi connectivity index (χ1n) is 3.52. The van der Waals surface area contributed by atoms with E-state index in [0.717, 1.165) is 0 Å². The Labute approximate surface area is 65.9 Å². The molecule has 0 spiro atoms. The molecule has 0 fully saturated rings. The molecule has 0 aromatic rings. The van der Waals surface area contributed by atoms with E-state index in [1.807, 2.05) is 0 Å². The van der Waals surface area contributed by atoms with E-state index >= 15 is 0 Å². The summed E-state index contributed by atoms with van der Waals surface area (Å²) in [6.07, 6.45) is -0.0585. The van der Waals surface area contributed by atoms with Crippen molar-refractivity contribution in [1.29, 1.82) is 0 Å². The summed E-state index contributed by atoms with van der Waals surface area (Å²) < 4.78 is 0. The highest BCUT2D eigenvalue weighted by Gasteiger charge is 2.18. The van der Waals surface area contributed by atoms with E-state index < -0.39 is 11.9 Å². The number of primary amides is 1. The lowest BCUT2D eigenvalue weighted by Crippen LogP contribution is -2.37. The highest BCUT2D eigenvalue weighted by atomic mass is 16.1. The van der Waals surface area contributed by atoms with Crippen LogP contribution in [0.4, 0.5) is 0 Å². The topological polar surface area (TPSA) is 86.2 Å². The van der Waals surface area contributed by atoms with Gasteiger partial charge in [0, 0.05) is 12.3 Å². The lowest BCUT2D eigenvalue weighted by atomic mass is 10.0. The summed E-state index contributed by atoms with van der Waals surface area (Å²) in [6.45, 7) is 3.48. The van der Waals surface area contributed by atoms with Crippen molar-refractivity contribution < 1.29 is 9.59 Å². The smallest absolute Gasteiger partial charge is 0.219 e. The predicted molar refractivity (Wildman–Crippen MR) is 41.6 cm³/mol. The fourth-order valence-corrected chi connectivity index (χ4v) is 0.745. The van der Waals surface area contributed by atoms with Crippen LogP contribution >= 0.6 is 0 Å². The van der Waals surface area contributed by atoms with E-state index in [2.05, 4.69) is 0 Å². The third kappa shape index (κ3) is 3.72. The molecule has 1 amide bonds. The minimum absolute atomic E-state index is 0.0585. The van der Waals surface area contributed by atoms with Gasteiger partial charge in [-0.3, -0.25) is 9.59 Å². The van der Waals surface area contributed by atoms with Gasteiger partial charge in [0.25, 0.3) is 0 Å². The van der Waals surface area contributed by atoms with Crippen LogP contribution in [0.15, 0.2) is 0 Å².